The monoisotopic (exact) mass is 250 g/mol. The third-order valence-corrected chi connectivity index (χ3v) is 2.89. The van der Waals surface area contributed by atoms with Gasteiger partial charge in [-0.25, -0.2) is 0 Å². The van der Waals surface area contributed by atoms with E-state index in [1.807, 2.05) is 18.2 Å². The lowest BCUT2D eigenvalue weighted by Gasteiger charge is -2.14. The van der Waals surface area contributed by atoms with Crippen LogP contribution in [-0.4, -0.2) is 19.6 Å². The van der Waals surface area contributed by atoms with Crippen LogP contribution >= 0.6 is 0 Å². The van der Waals surface area contributed by atoms with E-state index < -0.39 is 0 Å². The minimum absolute atomic E-state index is 0.226. The van der Waals surface area contributed by atoms with Gasteiger partial charge in [0.25, 0.3) is 0 Å². The summed E-state index contributed by atoms with van der Waals surface area (Å²) in [6, 6.07) is 8.29. The van der Waals surface area contributed by atoms with E-state index in [2.05, 4.69) is 18.3 Å². The maximum Gasteiger partial charge on any atom is 0.217 e. The van der Waals surface area contributed by atoms with Crippen molar-refractivity contribution in [2.45, 2.75) is 32.2 Å². The molecule has 3 N–H and O–H groups in total. The number of primary amides is 1. The van der Waals surface area contributed by atoms with Gasteiger partial charge in [0.1, 0.15) is 5.75 Å². The van der Waals surface area contributed by atoms with E-state index in [0.29, 0.717) is 6.42 Å². The van der Waals surface area contributed by atoms with E-state index in [-0.39, 0.29) is 11.9 Å². The SMILES string of the molecule is COc1cccc(C(C)NCCCCC(N)=O)c1. The molecule has 0 aromatic heterocycles. The van der Waals surface area contributed by atoms with Crippen molar-refractivity contribution in [3.63, 3.8) is 0 Å². The molecule has 0 radical (unpaired) electrons. The lowest BCUT2D eigenvalue weighted by Crippen LogP contribution is -2.20. The van der Waals surface area contributed by atoms with Gasteiger partial charge in [0.05, 0.1) is 7.11 Å². The fourth-order valence-corrected chi connectivity index (χ4v) is 1.77. The summed E-state index contributed by atoms with van der Waals surface area (Å²) < 4.78 is 5.20. The number of unbranched alkanes of at least 4 members (excludes halogenated alkanes) is 1. The van der Waals surface area contributed by atoms with E-state index in [1.165, 1.54) is 5.56 Å². The molecule has 1 rings (SSSR count). The summed E-state index contributed by atoms with van der Waals surface area (Å²) in [6.07, 6.45) is 2.26. The zero-order chi connectivity index (χ0) is 13.4. The highest BCUT2D eigenvalue weighted by Gasteiger charge is 2.05. The highest BCUT2D eigenvalue weighted by atomic mass is 16.5. The lowest BCUT2D eigenvalue weighted by molar-refractivity contribution is -0.118. The molecular formula is C14H22N2O2. The van der Waals surface area contributed by atoms with Crippen LogP contribution in [0.15, 0.2) is 24.3 Å². The first-order chi connectivity index (χ1) is 8.63. The summed E-state index contributed by atoms with van der Waals surface area (Å²) in [5, 5.41) is 3.42. The van der Waals surface area contributed by atoms with Crippen molar-refractivity contribution in [3.8, 4) is 5.75 Å². The third kappa shape index (κ3) is 5.19. The van der Waals surface area contributed by atoms with Crippen LogP contribution in [0.2, 0.25) is 0 Å². The first kappa shape index (κ1) is 14.5. The Balaban J connectivity index is 2.31. The minimum Gasteiger partial charge on any atom is -0.497 e. The van der Waals surface area contributed by atoms with Crippen LogP contribution in [0.5, 0.6) is 5.75 Å². The molecule has 0 aliphatic carbocycles. The number of nitrogens with two attached hydrogens (primary N) is 1. The quantitative estimate of drug-likeness (QED) is 0.694. The summed E-state index contributed by atoms with van der Waals surface area (Å²) in [5.41, 5.74) is 6.28. The molecule has 0 saturated carbocycles. The second-order valence-corrected chi connectivity index (χ2v) is 4.38. The van der Waals surface area contributed by atoms with Crippen molar-refractivity contribution in [3.05, 3.63) is 29.8 Å². The van der Waals surface area contributed by atoms with Gasteiger partial charge in [0.2, 0.25) is 5.91 Å². The van der Waals surface area contributed by atoms with Crippen LogP contribution < -0.4 is 15.8 Å². The van der Waals surface area contributed by atoms with Gasteiger partial charge < -0.3 is 15.8 Å². The Labute approximate surface area is 109 Å². The fourth-order valence-electron chi connectivity index (χ4n) is 1.77. The second kappa shape index (κ2) is 7.71. The molecule has 0 aliphatic rings. The van der Waals surface area contributed by atoms with Gasteiger partial charge in [-0.05, 0) is 44.0 Å². The Morgan fingerprint density at radius 1 is 1.44 bits per heavy atom. The number of hydrogen-bond donors (Lipinski definition) is 2. The standard InChI is InChI=1S/C14H22N2O2/c1-11(16-9-4-3-8-14(15)17)12-6-5-7-13(10-12)18-2/h5-7,10-11,16H,3-4,8-9H2,1-2H3,(H2,15,17). The van der Waals surface area contributed by atoms with Gasteiger partial charge in [0, 0.05) is 12.5 Å². The zero-order valence-corrected chi connectivity index (χ0v) is 11.1. The van der Waals surface area contributed by atoms with Crippen molar-refractivity contribution in [1.29, 1.82) is 0 Å². The minimum atomic E-state index is -0.226. The summed E-state index contributed by atoms with van der Waals surface area (Å²) in [5.74, 6) is 0.644. The topological polar surface area (TPSA) is 64.3 Å². The van der Waals surface area contributed by atoms with Crippen molar-refractivity contribution in [1.82, 2.24) is 5.32 Å². The normalized spacial score (nSPS) is 12.1. The number of hydrogen-bond acceptors (Lipinski definition) is 3. The third-order valence-electron chi connectivity index (χ3n) is 2.89. The molecule has 4 heteroatoms. The molecule has 0 aliphatic heterocycles. The molecular weight excluding hydrogens is 228 g/mol. The number of carbonyl (C=O) groups is 1. The molecule has 1 atom stereocenters. The second-order valence-electron chi connectivity index (χ2n) is 4.38. The first-order valence-corrected chi connectivity index (χ1v) is 6.29. The lowest BCUT2D eigenvalue weighted by atomic mass is 10.1. The van der Waals surface area contributed by atoms with Crippen LogP contribution in [-0.2, 0) is 4.79 Å². The number of carbonyl (C=O) groups excluding carboxylic acids is 1. The Bertz CT molecular complexity index is 380. The predicted octanol–water partition coefficient (Wildman–Crippen LogP) is 2.00. The van der Waals surface area contributed by atoms with Crippen molar-refractivity contribution in [2.24, 2.45) is 5.73 Å². The van der Waals surface area contributed by atoms with Gasteiger partial charge in [0.15, 0.2) is 0 Å². The Morgan fingerprint density at radius 3 is 2.89 bits per heavy atom. The number of benzene rings is 1. The van der Waals surface area contributed by atoms with E-state index >= 15 is 0 Å². The van der Waals surface area contributed by atoms with Gasteiger partial charge in [-0.15, -0.1) is 0 Å². The van der Waals surface area contributed by atoms with Crippen LogP contribution in [0, 0.1) is 0 Å². The van der Waals surface area contributed by atoms with Gasteiger partial charge >= 0.3 is 0 Å². The van der Waals surface area contributed by atoms with Crippen LogP contribution in [0.4, 0.5) is 0 Å². The van der Waals surface area contributed by atoms with E-state index in [1.54, 1.807) is 7.11 Å². The number of amides is 1. The Kier molecular flexibility index (Phi) is 6.22. The van der Waals surface area contributed by atoms with Crippen molar-refractivity contribution < 1.29 is 9.53 Å². The van der Waals surface area contributed by atoms with E-state index in [9.17, 15) is 4.79 Å². The average molecular weight is 250 g/mol. The molecule has 1 unspecified atom stereocenters. The molecule has 0 fully saturated rings. The molecule has 0 bridgehead atoms. The van der Waals surface area contributed by atoms with Gasteiger partial charge in [-0.2, -0.15) is 0 Å². The zero-order valence-electron chi connectivity index (χ0n) is 11.1. The summed E-state index contributed by atoms with van der Waals surface area (Å²) in [4.78, 5) is 10.6. The Hall–Kier alpha value is -1.55. The van der Waals surface area contributed by atoms with Gasteiger partial charge in [-0.1, -0.05) is 12.1 Å². The molecule has 18 heavy (non-hydrogen) atoms. The number of nitrogens with one attached hydrogen (secondary N) is 1. The molecule has 1 aromatic carbocycles. The van der Waals surface area contributed by atoms with Gasteiger partial charge in [-0.3, -0.25) is 4.79 Å². The van der Waals surface area contributed by atoms with Crippen LogP contribution in [0.3, 0.4) is 0 Å². The maximum absolute atomic E-state index is 10.6. The fraction of sp³-hybridized carbons (Fsp3) is 0.500. The van der Waals surface area contributed by atoms with E-state index in [0.717, 1.165) is 25.1 Å². The number of ether oxygens (including phenoxy) is 1. The molecule has 4 nitrogen and oxygen atoms in total. The summed E-state index contributed by atoms with van der Waals surface area (Å²) >= 11 is 0. The van der Waals surface area contributed by atoms with Crippen LogP contribution in [0.25, 0.3) is 0 Å². The molecule has 0 spiro atoms. The van der Waals surface area contributed by atoms with Crippen molar-refractivity contribution in [2.75, 3.05) is 13.7 Å². The molecule has 1 amide bonds. The molecule has 100 valence electrons. The number of methoxy groups -OCH3 is 1. The first-order valence-electron chi connectivity index (χ1n) is 6.29. The largest absolute Gasteiger partial charge is 0.497 e. The highest BCUT2D eigenvalue weighted by Crippen LogP contribution is 2.18. The number of rotatable bonds is 8. The molecule has 1 aromatic rings. The van der Waals surface area contributed by atoms with Crippen LogP contribution in [0.1, 0.15) is 37.8 Å². The smallest absolute Gasteiger partial charge is 0.217 e. The average Bonchev–Trinajstić information content (AvgIpc) is 2.37. The molecule has 0 heterocycles. The van der Waals surface area contributed by atoms with E-state index in [4.69, 9.17) is 10.5 Å². The predicted molar refractivity (Wildman–Crippen MR) is 72.5 cm³/mol. The maximum atomic E-state index is 10.6. The Morgan fingerprint density at radius 2 is 2.22 bits per heavy atom. The highest BCUT2D eigenvalue weighted by molar-refractivity contribution is 5.73. The molecule has 0 saturated heterocycles. The summed E-state index contributed by atoms with van der Waals surface area (Å²) in [7, 11) is 1.67. The van der Waals surface area contributed by atoms with Crippen molar-refractivity contribution >= 4 is 5.91 Å². The summed E-state index contributed by atoms with van der Waals surface area (Å²) in [6.45, 7) is 2.99.